The second-order valence-electron chi connectivity index (χ2n) is 11.7. The van der Waals surface area contributed by atoms with Crippen molar-refractivity contribution in [3.63, 3.8) is 0 Å². The Balaban J connectivity index is 1.20. The molecule has 2 aliphatic heterocycles. The second kappa shape index (κ2) is 15.4. The van der Waals surface area contributed by atoms with Crippen molar-refractivity contribution in [2.45, 2.75) is 35.9 Å². The average molecular weight is 741 g/mol. The molecule has 8 nitrogen and oxygen atoms in total. The maximum atomic E-state index is 13.8. The van der Waals surface area contributed by atoms with Crippen molar-refractivity contribution in [3.05, 3.63) is 125 Å². The third kappa shape index (κ3) is 7.01. The number of nitrogens with one attached hydrogen (secondary N) is 1. The predicted molar refractivity (Wildman–Crippen MR) is 191 cm³/mol. The number of nitrogens with zero attached hydrogens (tertiary/aromatic N) is 1. The molecule has 6 rings (SSSR count). The van der Waals surface area contributed by atoms with Crippen LogP contribution in [0.2, 0.25) is 5.25 Å². The summed E-state index contributed by atoms with van der Waals surface area (Å²) >= 11 is -0.343. The van der Waals surface area contributed by atoms with Crippen LogP contribution >= 0.6 is 23.1 Å². The molecule has 11 heteroatoms. The molecule has 0 radical (unpaired) electrons. The summed E-state index contributed by atoms with van der Waals surface area (Å²) in [4.78, 5) is 54.5. The third-order valence-corrected chi connectivity index (χ3v) is 21.6. The van der Waals surface area contributed by atoms with Crippen LogP contribution in [-0.2, 0) is 35.1 Å². The average Bonchev–Trinajstić information content (AvgIpc) is 3.64. The number of carbonyl (C=O) groups excluding carboxylic acids is 4. The monoisotopic (exact) mass is 742 g/mol. The van der Waals surface area contributed by atoms with Crippen LogP contribution in [-0.4, -0.2) is 72.8 Å². The van der Waals surface area contributed by atoms with E-state index in [1.54, 1.807) is 0 Å². The number of carbonyl (C=O) groups is 4. The van der Waals surface area contributed by atoms with Gasteiger partial charge in [0.15, 0.2) is 0 Å². The number of benzene rings is 3. The summed E-state index contributed by atoms with van der Waals surface area (Å²) in [6.45, 7) is 0.147. The van der Waals surface area contributed by atoms with Gasteiger partial charge in [-0.05, 0) is 11.4 Å². The molecule has 0 spiro atoms. The van der Waals surface area contributed by atoms with Gasteiger partial charge in [0.05, 0.1) is 0 Å². The molecule has 2 amide bonds. The van der Waals surface area contributed by atoms with Crippen molar-refractivity contribution in [3.8, 4) is 0 Å². The number of methoxy groups -OCH3 is 1. The number of hydrogen-bond acceptors (Lipinski definition) is 8. The SMILES string of the molecule is COC(=O)CC1=C(C(=O)OCC[CH2][Ge]([c]2ccccc2)([c]2ccccc2)[c]2ccccc2)N2C(=O)[C@H](NC(=O)Cc3cccs3)[C@@H]2SC1. The van der Waals surface area contributed by atoms with Gasteiger partial charge in [0.1, 0.15) is 0 Å². The first-order valence-corrected chi connectivity index (χ1v) is 22.4. The number of thioether (sulfide) groups is 1. The van der Waals surface area contributed by atoms with Crippen LogP contribution in [0.25, 0.3) is 0 Å². The van der Waals surface area contributed by atoms with Crippen LogP contribution < -0.4 is 18.5 Å². The fourth-order valence-electron chi connectivity index (χ4n) is 6.52. The zero-order valence-electron chi connectivity index (χ0n) is 26.5. The molecule has 3 aromatic carbocycles. The van der Waals surface area contributed by atoms with Crippen molar-refractivity contribution >= 4 is 73.3 Å². The molecular formula is C37H36GeN2O6S2. The summed E-state index contributed by atoms with van der Waals surface area (Å²) in [5.41, 5.74) is 0.564. The standard InChI is InChI=1S/C37H36GeN2O6S2/c1-45-32(42)23-26-25-48-36-33(39-31(41)24-30-19-11-22-47-30)35(43)40(36)34(26)37(44)46-21-12-20-38(27-13-5-2-6-14-27,28-15-7-3-8-16-28)29-17-9-4-10-18-29/h2-11,13-19,22,33,36H,12,20-21,23-25H2,1H3,(H,39,41)/t33-,36-/m0/s1. The van der Waals surface area contributed by atoms with E-state index in [4.69, 9.17) is 9.47 Å². The minimum absolute atomic E-state index is 0.0832. The molecule has 1 fully saturated rings. The molecule has 0 aliphatic carbocycles. The van der Waals surface area contributed by atoms with Gasteiger partial charge < -0.3 is 0 Å². The molecule has 0 saturated carbocycles. The molecule has 4 aromatic rings. The summed E-state index contributed by atoms with van der Waals surface area (Å²) in [6, 6.07) is 34.8. The predicted octanol–water partition coefficient (Wildman–Crippen LogP) is 3.61. The van der Waals surface area contributed by atoms with Crippen molar-refractivity contribution in [1.82, 2.24) is 10.2 Å². The summed E-state index contributed by atoms with van der Waals surface area (Å²) < 4.78 is 14.7. The van der Waals surface area contributed by atoms with Crippen LogP contribution in [0.3, 0.4) is 0 Å². The molecule has 1 aromatic heterocycles. The Bertz CT molecular complexity index is 1690. The summed E-state index contributed by atoms with van der Waals surface area (Å²) in [6.07, 6.45) is 0.657. The van der Waals surface area contributed by atoms with E-state index in [-0.39, 0.29) is 31.1 Å². The van der Waals surface area contributed by atoms with Crippen molar-refractivity contribution < 1.29 is 28.7 Å². The quantitative estimate of drug-likeness (QED) is 0.0968. The van der Waals surface area contributed by atoms with Gasteiger partial charge in [-0.3, -0.25) is 0 Å². The van der Waals surface area contributed by atoms with Crippen LogP contribution in [0.15, 0.2) is 120 Å². The van der Waals surface area contributed by atoms with Crippen LogP contribution in [0.1, 0.15) is 17.7 Å². The van der Waals surface area contributed by atoms with E-state index in [0.717, 1.165) is 10.1 Å². The molecule has 48 heavy (non-hydrogen) atoms. The van der Waals surface area contributed by atoms with E-state index in [2.05, 4.69) is 78.1 Å². The van der Waals surface area contributed by atoms with E-state index >= 15 is 0 Å². The summed E-state index contributed by atoms with van der Waals surface area (Å²) in [7, 11) is 1.29. The number of amides is 2. The van der Waals surface area contributed by atoms with E-state index in [1.165, 1.54) is 48.3 Å². The molecule has 2 atom stereocenters. The fourth-order valence-corrected chi connectivity index (χ4v) is 18.7. The molecule has 0 unspecified atom stereocenters. The second-order valence-corrected chi connectivity index (χ2v) is 22.3. The summed E-state index contributed by atoms with van der Waals surface area (Å²) in [5, 5.41) is 5.10. The number of β-lactam (4-membered cyclic amide) rings is 1. The Labute approximate surface area is 290 Å². The first-order valence-electron chi connectivity index (χ1n) is 15.8. The first kappa shape index (κ1) is 33.8. The van der Waals surface area contributed by atoms with E-state index in [9.17, 15) is 19.2 Å². The van der Waals surface area contributed by atoms with Gasteiger partial charge >= 0.3 is 259 Å². The van der Waals surface area contributed by atoms with Gasteiger partial charge in [-0.15, -0.1) is 11.3 Å². The summed E-state index contributed by atoms with van der Waals surface area (Å²) in [5.74, 6) is -1.47. The van der Waals surface area contributed by atoms with Gasteiger partial charge in [0.2, 0.25) is 0 Å². The molecule has 246 valence electrons. The Morgan fingerprint density at radius 2 is 1.46 bits per heavy atom. The molecule has 0 bridgehead atoms. The Kier molecular flexibility index (Phi) is 10.8. The van der Waals surface area contributed by atoms with Crippen molar-refractivity contribution in [1.29, 1.82) is 0 Å². The Hall–Kier alpha value is -4.13. The number of rotatable bonds is 13. The number of ether oxygens (including phenoxy) is 2. The number of thiophene rings is 1. The van der Waals surface area contributed by atoms with Gasteiger partial charge in [0, 0.05) is 4.88 Å². The first-order chi connectivity index (χ1) is 23.4. The van der Waals surface area contributed by atoms with Crippen molar-refractivity contribution in [2.24, 2.45) is 0 Å². The molecule has 1 N–H and O–H groups in total. The number of esters is 2. The maximum absolute atomic E-state index is 13.8. The zero-order chi connectivity index (χ0) is 33.5. The number of hydrogen-bond donors (Lipinski definition) is 1. The molecule has 3 heterocycles. The fraction of sp³-hybridized carbons (Fsp3) is 0.243. The van der Waals surface area contributed by atoms with Crippen LogP contribution in [0.5, 0.6) is 0 Å². The normalized spacial score (nSPS) is 17.3. The minimum atomic E-state index is -3.23. The number of fused-ring (bicyclic) bond motifs is 1. The molecule has 2 aliphatic rings. The van der Waals surface area contributed by atoms with Crippen LogP contribution in [0.4, 0.5) is 0 Å². The van der Waals surface area contributed by atoms with E-state index < -0.39 is 42.5 Å². The molecule has 1 saturated heterocycles. The van der Waals surface area contributed by atoms with Gasteiger partial charge in [-0.25, -0.2) is 0 Å². The Morgan fingerprint density at radius 1 is 0.854 bits per heavy atom. The zero-order valence-corrected chi connectivity index (χ0v) is 30.2. The van der Waals surface area contributed by atoms with Gasteiger partial charge in [-0.2, -0.15) is 0 Å². The third-order valence-electron chi connectivity index (χ3n) is 8.79. The van der Waals surface area contributed by atoms with E-state index in [0.29, 0.717) is 17.7 Å². The van der Waals surface area contributed by atoms with E-state index in [1.807, 2.05) is 35.7 Å². The molecular weight excluding hydrogens is 705 g/mol. The van der Waals surface area contributed by atoms with Crippen molar-refractivity contribution in [2.75, 3.05) is 19.5 Å². The Morgan fingerprint density at radius 3 is 2.00 bits per heavy atom. The topological polar surface area (TPSA) is 102 Å². The van der Waals surface area contributed by atoms with Gasteiger partial charge in [-0.1, -0.05) is 6.07 Å². The van der Waals surface area contributed by atoms with Gasteiger partial charge in [0.25, 0.3) is 0 Å². The van der Waals surface area contributed by atoms with Crippen LogP contribution in [0, 0.1) is 0 Å².